The highest BCUT2D eigenvalue weighted by molar-refractivity contribution is 5.37. The first-order valence-electron chi connectivity index (χ1n) is 15.8. The molecule has 0 spiro atoms. The van der Waals surface area contributed by atoms with E-state index in [1.807, 2.05) is 12.2 Å². The first-order valence-corrected chi connectivity index (χ1v) is 15.8. The summed E-state index contributed by atoms with van der Waals surface area (Å²) >= 11 is 0. The third-order valence-electron chi connectivity index (χ3n) is 8.51. The normalized spacial score (nSPS) is 22.1. The number of halogens is 10. The van der Waals surface area contributed by atoms with Crippen LogP contribution in [-0.2, 0) is 10.8 Å². The SMILES string of the molecule is CCCCCC1CCC(/C=C/C2CCC(C(F)(F)Oc3cc(F)c(C(F)(F)Oc4cc(F)c(OC=C(F)F)c(F)c4)c(F)c3)CC2)OC1. The molecule has 1 heterocycles. The summed E-state index contributed by atoms with van der Waals surface area (Å²) < 4.78 is 160. The molecule has 1 saturated carbocycles. The largest absolute Gasteiger partial charge is 0.453 e. The molecular formula is C34H36F10O4. The van der Waals surface area contributed by atoms with Crippen LogP contribution in [0.2, 0.25) is 0 Å². The van der Waals surface area contributed by atoms with Gasteiger partial charge in [-0.1, -0.05) is 38.3 Å². The number of alkyl halides is 4. The summed E-state index contributed by atoms with van der Waals surface area (Å²) in [5.74, 6) is -12.0. The van der Waals surface area contributed by atoms with Crippen LogP contribution in [-0.4, -0.2) is 18.8 Å². The Morgan fingerprint density at radius 2 is 1.40 bits per heavy atom. The zero-order valence-electron chi connectivity index (χ0n) is 26.0. The lowest BCUT2D eigenvalue weighted by Crippen LogP contribution is -2.37. The molecule has 266 valence electrons. The van der Waals surface area contributed by atoms with Crippen LogP contribution in [0.5, 0.6) is 17.2 Å². The monoisotopic (exact) mass is 698 g/mol. The molecule has 4 rings (SSSR count). The zero-order chi connectivity index (χ0) is 35.1. The number of hydrogen-bond donors (Lipinski definition) is 0. The van der Waals surface area contributed by atoms with E-state index in [1.54, 1.807) is 0 Å². The van der Waals surface area contributed by atoms with Crippen LogP contribution in [0, 0.1) is 41.0 Å². The summed E-state index contributed by atoms with van der Waals surface area (Å²) in [5.41, 5.74) is -2.05. The minimum atomic E-state index is -4.91. The van der Waals surface area contributed by atoms with Crippen molar-refractivity contribution in [1.29, 1.82) is 0 Å². The van der Waals surface area contributed by atoms with Gasteiger partial charge in [-0.2, -0.15) is 26.3 Å². The van der Waals surface area contributed by atoms with Crippen LogP contribution >= 0.6 is 0 Å². The third kappa shape index (κ3) is 10.1. The Morgan fingerprint density at radius 1 is 0.792 bits per heavy atom. The minimum Gasteiger partial charge on any atom is -0.453 e. The van der Waals surface area contributed by atoms with Crippen molar-refractivity contribution in [1.82, 2.24) is 0 Å². The summed E-state index contributed by atoms with van der Waals surface area (Å²) in [6.45, 7) is 2.87. The maximum atomic E-state index is 15.0. The van der Waals surface area contributed by atoms with Crippen LogP contribution in [0.25, 0.3) is 0 Å². The predicted molar refractivity (Wildman–Crippen MR) is 155 cm³/mol. The van der Waals surface area contributed by atoms with Gasteiger partial charge in [0.15, 0.2) is 23.6 Å². The second-order valence-electron chi connectivity index (χ2n) is 12.1. The topological polar surface area (TPSA) is 36.9 Å². The van der Waals surface area contributed by atoms with Crippen molar-refractivity contribution < 1.29 is 62.9 Å². The lowest BCUT2D eigenvalue weighted by molar-refractivity contribution is -0.223. The summed E-state index contributed by atoms with van der Waals surface area (Å²) in [6, 6.07) is 0.435. The fourth-order valence-electron chi connectivity index (χ4n) is 5.96. The van der Waals surface area contributed by atoms with E-state index in [9.17, 15) is 35.1 Å². The van der Waals surface area contributed by atoms with Crippen LogP contribution in [0.3, 0.4) is 0 Å². The van der Waals surface area contributed by atoms with Gasteiger partial charge in [0.25, 0.3) is 0 Å². The Hall–Kier alpha value is -3.42. The molecule has 14 heteroatoms. The highest BCUT2D eigenvalue weighted by Gasteiger charge is 2.45. The van der Waals surface area contributed by atoms with Crippen LogP contribution in [0.15, 0.2) is 48.8 Å². The smallest absolute Gasteiger partial charge is 0.432 e. The number of hydrogen-bond acceptors (Lipinski definition) is 4. The number of allylic oxidation sites excluding steroid dienone is 1. The average Bonchev–Trinajstić information content (AvgIpc) is 2.99. The van der Waals surface area contributed by atoms with E-state index in [0.717, 1.165) is 19.3 Å². The first-order chi connectivity index (χ1) is 22.7. The molecule has 0 bridgehead atoms. The lowest BCUT2D eigenvalue weighted by Gasteiger charge is -2.33. The number of rotatable bonds is 14. The number of unbranched alkanes of at least 4 members (excludes halogenated alkanes) is 2. The van der Waals surface area contributed by atoms with Crippen LogP contribution < -0.4 is 14.2 Å². The van der Waals surface area contributed by atoms with Crippen molar-refractivity contribution in [2.45, 2.75) is 89.5 Å². The molecule has 2 aromatic rings. The van der Waals surface area contributed by atoms with Crippen molar-refractivity contribution in [3.63, 3.8) is 0 Å². The van der Waals surface area contributed by atoms with Crippen LogP contribution in [0.1, 0.15) is 76.7 Å². The van der Waals surface area contributed by atoms with Gasteiger partial charge < -0.3 is 18.9 Å². The summed E-state index contributed by atoms with van der Waals surface area (Å²) in [7, 11) is 0. The van der Waals surface area contributed by atoms with Crippen molar-refractivity contribution in [2.75, 3.05) is 6.61 Å². The van der Waals surface area contributed by atoms with Gasteiger partial charge in [-0.25, -0.2) is 17.6 Å². The highest BCUT2D eigenvalue weighted by Crippen LogP contribution is 2.43. The Kier molecular flexibility index (Phi) is 12.7. The van der Waals surface area contributed by atoms with Gasteiger partial charge in [0, 0.05) is 24.3 Å². The van der Waals surface area contributed by atoms with Gasteiger partial charge in [0.1, 0.15) is 28.7 Å². The quantitative estimate of drug-likeness (QED) is 0.0852. The molecule has 48 heavy (non-hydrogen) atoms. The standard InChI is InChI=1S/C34H36F10O4/c1-2-3-4-5-21-9-13-23(45-18-21)12-8-20-6-10-22(11-7-20)33(41,42)47-24-14-26(35)31(27(36)15-24)34(43,44)48-25-16-28(37)32(29(38)17-25)46-19-30(39)40/h8,12,14-17,19-23H,2-7,9-11,13,18H2,1H3/b12-8+. The number of ether oxygens (including phenoxy) is 4. The Bertz CT molecular complexity index is 1380. The van der Waals surface area contributed by atoms with E-state index in [1.165, 1.54) is 19.3 Å². The first kappa shape index (κ1) is 37.4. The molecule has 1 aliphatic carbocycles. The fourth-order valence-corrected chi connectivity index (χ4v) is 5.96. The molecule has 2 atom stereocenters. The molecule has 2 unspecified atom stereocenters. The summed E-state index contributed by atoms with van der Waals surface area (Å²) in [4.78, 5) is 0. The second kappa shape index (κ2) is 16.3. The molecule has 1 saturated heterocycles. The molecule has 4 nitrogen and oxygen atoms in total. The molecular weight excluding hydrogens is 662 g/mol. The second-order valence-corrected chi connectivity index (χ2v) is 12.1. The van der Waals surface area contributed by atoms with Gasteiger partial charge in [-0.05, 0) is 56.8 Å². The Labute approximate surface area is 271 Å². The fraction of sp³-hybridized carbons (Fsp3) is 0.529. The number of benzene rings is 2. The van der Waals surface area contributed by atoms with Gasteiger partial charge in [-0.15, -0.1) is 0 Å². The third-order valence-corrected chi connectivity index (χ3v) is 8.51. The van der Waals surface area contributed by atoms with E-state index >= 15 is 8.78 Å². The van der Waals surface area contributed by atoms with Gasteiger partial charge in [0.2, 0.25) is 0 Å². The van der Waals surface area contributed by atoms with Crippen molar-refractivity contribution in [3.8, 4) is 17.2 Å². The Balaban J connectivity index is 1.33. The van der Waals surface area contributed by atoms with E-state index in [-0.39, 0.29) is 55.4 Å². The molecule has 2 fully saturated rings. The lowest BCUT2D eigenvalue weighted by atomic mass is 9.81. The van der Waals surface area contributed by atoms with Gasteiger partial charge in [-0.3, -0.25) is 0 Å². The van der Waals surface area contributed by atoms with Gasteiger partial charge >= 0.3 is 18.3 Å². The highest BCUT2D eigenvalue weighted by atomic mass is 19.3. The Morgan fingerprint density at radius 3 is 1.96 bits per heavy atom. The molecule has 0 amide bonds. The summed E-state index contributed by atoms with van der Waals surface area (Å²) in [6.07, 6.45) is 0.0100. The molecule has 0 aromatic heterocycles. The minimum absolute atomic E-state index is 0.0129. The van der Waals surface area contributed by atoms with E-state index in [2.05, 4.69) is 21.1 Å². The molecule has 1 aliphatic heterocycles. The zero-order valence-corrected chi connectivity index (χ0v) is 26.0. The van der Waals surface area contributed by atoms with Crippen molar-refractivity contribution in [3.05, 3.63) is 77.6 Å². The van der Waals surface area contributed by atoms with E-state index < -0.39 is 70.3 Å². The van der Waals surface area contributed by atoms with Crippen LogP contribution in [0.4, 0.5) is 43.9 Å². The maximum absolute atomic E-state index is 15.0. The van der Waals surface area contributed by atoms with Gasteiger partial charge in [0.05, 0.1) is 18.6 Å². The predicted octanol–water partition coefficient (Wildman–Crippen LogP) is 11.2. The molecule has 2 aromatic carbocycles. The van der Waals surface area contributed by atoms with Crippen molar-refractivity contribution in [2.24, 2.45) is 17.8 Å². The molecule has 0 radical (unpaired) electrons. The maximum Gasteiger partial charge on any atom is 0.432 e. The summed E-state index contributed by atoms with van der Waals surface area (Å²) in [5, 5.41) is 0. The van der Waals surface area contributed by atoms with E-state index in [4.69, 9.17) is 4.74 Å². The van der Waals surface area contributed by atoms with E-state index in [0.29, 0.717) is 25.4 Å². The average molecular weight is 699 g/mol. The molecule has 2 aliphatic rings. The van der Waals surface area contributed by atoms with Crippen molar-refractivity contribution >= 4 is 0 Å². The molecule has 0 N–H and O–H groups in total.